The Balaban J connectivity index is 1.46. The first-order valence-corrected chi connectivity index (χ1v) is 16.1. The molecule has 0 bridgehead atoms. The average molecular weight is 651 g/mol. The Bertz CT molecular complexity index is 1580. The Kier molecular flexibility index (Phi) is 11.7. The average Bonchev–Trinajstić information content (AvgIpc) is 2.97. The number of hydrogen-bond acceptors (Lipinski definition) is 7. The van der Waals surface area contributed by atoms with Crippen LogP contribution in [0.1, 0.15) is 32.6 Å². The number of aromatic nitrogens is 1. The van der Waals surface area contributed by atoms with Gasteiger partial charge in [-0.15, -0.1) is 0 Å². The van der Waals surface area contributed by atoms with Crippen LogP contribution in [0.25, 0.3) is 0 Å². The van der Waals surface area contributed by atoms with Crippen molar-refractivity contribution >= 4 is 38.9 Å². The number of nitrogens with one attached hydrogen (secondary N) is 1. The summed E-state index contributed by atoms with van der Waals surface area (Å²) >= 11 is 12.0. The summed E-state index contributed by atoms with van der Waals surface area (Å²) in [6.07, 6.45) is 7.70. The number of piperidine rings is 1. The maximum atomic E-state index is 15.0. The molecular formula is C31H34Cl2FN3O5S. The summed E-state index contributed by atoms with van der Waals surface area (Å²) in [6.45, 7) is 4.87. The third-order valence-corrected chi connectivity index (χ3v) is 8.98. The molecule has 0 radical (unpaired) electrons. The molecule has 1 aliphatic heterocycles. The molecule has 1 aliphatic rings. The van der Waals surface area contributed by atoms with Gasteiger partial charge in [0.15, 0.2) is 23.1 Å². The molecule has 2 heterocycles. The zero-order valence-corrected chi connectivity index (χ0v) is 26.3. The van der Waals surface area contributed by atoms with Crippen molar-refractivity contribution in [1.82, 2.24) is 9.88 Å². The van der Waals surface area contributed by atoms with Gasteiger partial charge in [-0.1, -0.05) is 29.6 Å². The summed E-state index contributed by atoms with van der Waals surface area (Å²) in [7, 11) is -2.60. The maximum Gasteiger partial charge on any atom is 0.263 e. The topological polar surface area (TPSA) is 90.0 Å². The smallest absolute Gasteiger partial charge is 0.263 e. The monoisotopic (exact) mass is 649 g/mol. The minimum atomic E-state index is -4.12. The number of rotatable bonds is 11. The van der Waals surface area contributed by atoms with Gasteiger partial charge in [0.1, 0.15) is 10.6 Å². The van der Waals surface area contributed by atoms with E-state index in [1.165, 1.54) is 62.9 Å². The van der Waals surface area contributed by atoms with Gasteiger partial charge >= 0.3 is 0 Å². The van der Waals surface area contributed by atoms with Crippen molar-refractivity contribution in [3.63, 3.8) is 0 Å². The first-order chi connectivity index (χ1) is 20.7. The molecule has 1 fully saturated rings. The van der Waals surface area contributed by atoms with Gasteiger partial charge in [-0.25, -0.2) is 12.8 Å². The number of methoxy groups -OCH3 is 1. The second kappa shape index (κ2) is 15.4. The van der Waals surface area contributed by atoms with Crippen molar-refractivity contribution in [3.8, 4) is 23.0 Å². The SMILES string of the molecule is COc1ccc(Oc2ccc(NS(=O)(=O)c3cc(Cl)ccc3Cl)cc2F)ccnccc1OCCCN1CCCCC1C. The normalized spacial score (nSPS) is 15.3. The Hall–Kier alpha value is -3.31. The second-order valence-corrected chi connectivity index (χ2v) is 12.5. The minimum absolute atomic E-state index is 0.0197. The fourth-order valence-electron chi connectivity index (χ4n) is 4.62. The highest BCUT2D eigenvalue weighted by molar-refractivity contribution is 7.92. The lowest BCUT2D eigenvalue weighted by molar-refractivity contribution is 0.148. The van der Waals surface area contributed by atoms with Crippen LogP contribution in [-0.4, -0.2) is 51.1 Å². The van der Waals surface area contributed by atoms with E-state index < -0.39 is 15.8 Å². The third kappa shape index (κ3) is 9.34. The predicted molar refractivity (Wildman–Crippen MR) is 167 cm³/mol. The first kappa shape index (κ1) is 32.6. The number of benzene rings is 2. The Morgan fingerprint density at radius 3 is 2.56 bits per heavy atom. The van der Waals surface area contributed by atoms with Gasteiger partial charge in [0.05, 0.1) is 24.4 Å². The summed E-state index contributed by atoms with van der Waals surface area (Å²) in [4.78, 5) is 6.48. The molecule has 1 saturated heterocycles. The zero-order valence-electron chi connectivity index (χ0n) is 23.9. The van der Waals surface area contributed by atoms with E-state index in [-0.39, 0.29) is 32.1 Å². The standard InChI is InChI=1S/C31H34Cl2FN3O5S/c1-22-6-3-4-17-37(22)18-5-19-41-30-14-16-35-15-13-25(9-12-29(30)40-2)42-28-11-8-24(21-27(28)34)36-43(38,39)31-20-23(32)7-10-26(31)33/h7-16,20-22,36H,3-6,17-19H2,1-2H3. The van der Waals surface area contributed by atoms with Crippen LogP contribution in [0.5, 0.6) is 23.0 Å². The van der Waals surface area contributed by atoms with Gasteiger partial charge in [-0.05, 0) is 81.3 Å². The van der Waals surface area contributed by atoms with Crippen molar-refractivity contribution < 1.29 is 27.0 Å². The lowest BCUT2D eigenvalue weighted by Crippen LogP contribution is -2.38. The molecule has 4 rings (SSSR count). The highest BCUT2D eigenvalue weighted by atomic mass is 35.5. The highest BCUT2D eigenvalue weighted by Crippen LogP contribution is 2.31. The molecule has 8 nitrogen and oxygen atoms in total. The van der Waals surface area contributed by atoms with E-state index in [2.05, 4.69) is 21.5 Å². The van der Waals surface area contributed by atoms with Crippen LogP contribution in [0.15, 0.2) is 78.0 Å². The lowest BCUT2D eigenvalue weighted by Gasteiger charge is -2.33. The second-order valence-electron chi connectivity index (χ2n) is 9.96. The van der Waals surface area contributed by atoms with Crippen LogP contribution in [0.2, 0.25) is 10.0 Å². The van der Waals surface area contributed by atoms with Crippen LogP contribution >= 0.6 is 23.2 Å². The highest BCUT2D eigenvalue weighted by Gasteiger charge is 2.20. The number of sulfonamides is 1. The molecule has 43 heavy (non-hydrogen) atoms. The van der Waals surface area contributed by atoms with E-state index in [0.29, 0.717) is 24.1 Å². The van der Waals surface area contributed by atoms with Crippen molar-refractivity contribution in [3.05, 3.63) is 88.9 Å². The molecule has 230 valence electrons. The summed E-state index contributed by atoms with van der Waals surface area (Å²) in [5.74, 6) is 0.276. The molecule has 2 aromatic carbocycles. The quantitative estimate of drug-likeness (QED) is 0.211. The lowest BCUT2D eigenvalue weighted by atomic mass is 10.0. The molecule has 12 heteroatoms. The van der Waals surface area contributed by atoms with Crippen LogP contribution in [0, 0.1) is 5.82 Å². The Morgan fingerprint density at radius 1 is 1.00 bits per heavy atom. The van der Waals surface area contributed by atoms with Crippen molar-refractivity contribution in [1.29, 1.82) is 0 Å². The zero-order chi connectivity index (χ0) is 30.8. The number of ether oxygens (including phenoxy) is 3. The molecule has 0 spiro atoms. The summed E-state index contributed by atoms with van der Waals surface area (Å²) in [5.41, 5.74) is -0.0239. The minimum Gasteiger partial charge on any atom is -0.493 e. The fourth-order valence-corrected chi connectivity index (χ4v) is 6.43. The predicted octanol–water partition coefficient (Wildman–Crippen LogP) is 7.90. The number of halogens is 3. The largest absolute Gasteiger partial charge is 0.493 e. The molecule has 1 N–H and O–H groups in total. The molecule has 0 amide bonds. The van der Waals surface area contributed by atoms with E-state index in [4.69, 9.17) is 37.4 Å². The van der Waals surface area contributed by atoms with Gasteiger partial charge in [0.2, 0.25) is 0 Å². The van der Waals surface area contributed by atoms with Gasteiger partial charge in [0, 0.05) is 42.1 Å². The molecule has 3 aromatic rings. The third-order valence-electron chi connectivity index (χ3n) is 6.88. The fraction of sp³-hybridized carbons (Fsp3) is 0.323. The van der Waals surface area contributed by atoms with Gasteiger partial charge < -0.3 is 19.1 Å². The molecule has 1 atom stereocenters. The van der Waals surface area contributed by atoms with Crippen LogP contribution in [0.4, 0.5) is 10.1 Å². The van der Waals surface area contributed by atoms with E-state index in [1.54, 1.807) is 30.5 Å². The Labute approximate surface area is 262 Å². The van der Waals surface area contributed by atoms with Crippen LogP contribution < -0.4 is 18.9 Å². The number of anilines is 1. The van der Waals surface area contributed by atoms with Crippen LogP contribution in [0.3, 0.4) is 0 Å². The van der Waals surface area contributed by atoms with Crippen molar-refractivity contribution in [2.75, 3.05) is 31.5 Å². The molecular weight excluding hydrogens is 616 g/mol. The molecule has 0 saturated carbocycles. The van der Waals surface area contributed by atoms with Crippen LogP contribution in [-0.2, 0) is 10.0 Å². The number of likely N-dealkylation sites (tertiary alicyclic amines) is 1. The Morgan fingerprint density at radius 2 is 1.79 bits per heavy atom. The molecule has 1 unspecified atom stereocenters. The van der Waals surface area contributed by atoms with Crippen molar-refractivity contribution in [2.24, 2.45) is 0 Å². The number of hydrogen-bond donors (Lipinski definition) is 1. The van der Waals surface area contributed by atoms with Gasteiger partial charge in [-0.3, -0.25) is 9.71 Å². The molecule has 0 aliphatic carbocycles. The van der Waals surface area contributed by atoms with Crippen molar-refractivity contribution in [2.45, 2.75) is 43.5 Å². The van der Waals surface area contributed by atoms with Gasteiger partial charge in [-0.2, -0.15) is 0 Å². The first-order valence-electron chi connectivity index (χ1n) is 13.8. The summed E-state index contributed by atoms with van der Waals surface area (Å²) in [5, 5.41) is 0.173. The van der Waals surface area contributed by atoms with E-state index in [1.807, 2.05) is 0 Å². The molecule has 1 aromatic heterocycles. The maximum absolute atomic E-state index is 15.0. The van der Waals surface area contributed by atoms with E-state index in [9.17, 15) is 8.42 Å². The summed E-state index contributed by atoms with van der Waals surface area (Å²) < 4.78 is 60.3. The number of nitrogens with zero attached hydrogens (tertiary/aromatic N) is 2. The van der Waals surface area contributed by atoms with E-state index >= 15 is 4.39 Å². The van der Waals surface area contributed by atoms with Gasteiger partial charge in [0.25, 0.3) is 10.0 Å². The summed E-state index contributed by atoms with van der Waals surface area (Å²) in [6, 6.07) is 14.9. The van der Waals surface area contributed by atoms with E-state index in [0.717, 1.165) is 25.6 Å².